The van der Waals surface area contributed by atoms with Gasteiger partial charge in [0.2, 0.25) is 0 Å². The number of halogens is 3. The largest absolute Gasteiger partial charge is 0.343 e. The Morgan fingerprint density at radius 1 is 0.909 bits per heavy atom. The normalized spacial score (nSPS) is 11.8. The Kier molecular flexibility index (Phi) is 5.01. The van der Waals surface area contributed by atoms with Crippen LogP contribution in [0.1, 0.15) is 5.56 Å². The van der Waals surface area contributed by atoms with Crippen LogP contribution in [-0.2, 0) is 15.6 Å². The number of imidazole rings is 1. The van der Waals surface area contributed by atoms with Crippen molar-refractivity contribution in [3.8, 4) is 22.6 Å². The summed E-state index contributed by atoms with van der Waals surface area (Å²) in [5, 5.41) is 6.99. The Labute approximate surface area is 186 Å². The van der Waals surface area contributed by atoms with E-state index in [0.29, 0.717) is 16.9 Å². The minimum atomic E-state index is -3.90. The highest BCUT2D eigenvalue weighted by Gasteiger charge is 2.25. The van der Waals surface area contributed by atoms with E-state index in [-0.39, 0.29) is 21.5 Å². The molecule has 33 heavy (non-hydrogen) atoms. The number of fused-ring (bicyclic) bond motifs is 1. The number of rotatable bonds is 5. The molecule has 0 aliphatic rings. The summed E-state index contributed by atoms with van der Waals surface area (Å²) in [5.41, 5.74) is -0.996. The molecule has 2 aromatic heterocycles. The quantitative estimate of drug-likeness (QED) is 0.379. The zero-order valence-corrected chi connectivity index (χ0v) is 17.6. The summed E-state index contributed by atoms with van der Waals surface area (Å²) in [5.74, 6) is -3.38. The Morgan fingerprint density at radius 2 is 1.70 bits per heavy atom. The molecule has 5 aromatic rings. The number of sulfone groups is 1. The zero-order valence-electron chi connectivity index (χ0n) is 16.8. The Balaban J connectivity index is 1.61. The summed E-state index contributed by atoms with van der Waals surface area (Å²) in [7, 11) is -3.90. The third kappa shape index (κ3) is 3.58. The minimum absolute atomic E-state index is 0.00449. The number of hydrogen-bond acceptors (Lipinski definition) is 4. The third-order valence-electron chi connectivity index (χ3n) is 5.29. The van der Waals surface area contributed by atoms with Gasteiger partial charge < -0.3 is 4.98 Å². The lowest BCUT2D eigenvalue weighted by Crippen LogP contribution is -2.08. The number of nitrogens with zero attached hydrogens (tertiary/aromatic N) is 2. The van der Waals surface area contributed by atoms with E-state index in [1.807, 2.05) is 0 Å². The van der Waals surface area contributed by atoms with Crippen LogP contribution in [0.25, 0.3) is 33.5 Å². The van der Waals surface area contributed by atoms with Crippen LogP contribution < -0.4 is 0 Å². The highest BCUT2D eigenvalue weighted by atomic mass is 32.2. The molecule has 166 valence electrons. The lowest BCUT2D eigenvalue weighted by atomic mass is 9.99. The van der Waals surface area contributed by atoms with Crippen molar-refractivity contribution in [1.29, 1.82) is 0 Å². The number of benzene rings is 3. The maximum atomic E-state index is 15.4. The van der Waals surface area contributed by atoms with Gasteiger partial charge in [0, 0.05) is 28.9 Å². The van der Waals surface area contributed by atoms with Crippen molar-refractivity contribution < 1.29 is 21.6 Å². The average molecular weight is 468 g/mol. The molecule has 2 heterocycles. The fourth-order valence-corrected chi connectivity index (χ4v) is 5.06. The fourth-order valence-electron chi connectivity index (χ4n) is 3.69. The molecule has 6 nitrogen and oxygen atoms in total. The smallest absolute Gasteiger partial charge is 0.182 e. The van der Waals surface area contributed by atoms with Gasteiger partial charge in [0.05, 0.1) is 16.2 Å². The van der Waals surface area contributed by atoms with Crippen LogP contribution in [0.5, 0.6) is 0 Å². The van der Waals surface area contributed by atoms with Crippen molar-refractivity contribution in [3.63, 3.8) is 0 Å². The maximum Gasteiger partial charge on any atom is 0.182 e. The van der Waals surface area contributed by atoms with Crippen molar-refractivity contribution in [2.24, 2.45) is 0 Å². The molecule has 0 fully saturated rings. The van der Waals surface area contributed by atoms with Crippen molar-refractivity contribution in [2.75, 3.05) is 0 Å². The molecule has 0 saturated heterocycles. The highest BCUT2D eigenvalue weighted by Crippen LogP contribution is 2.36. The maximum absolute atomic E-state index is 15.4. The van der Waals surface area contributed by atoms with E-state index in [1.165, 1.54) is 30.5 Å². The van der Waals surface area contributed by atoms with Crippen LogP contribution >= 0.6 is 0 Å². The zero-order chi connectivity index (χ0) is 23.2. The molecule has 0 aliphatic heterocycles. The lowest BCUT2D eigenvalue weighted by molar-refractivity contribution is 0.570. The second-order valence-corrected chi connectivity index (χ2v) is 9.32. The molecule has 3 aromatic carbocycles. The van der Waals surface area contributed by atoms with Gasteiger partial charge in [0.15, 0.2) is 21.5 Å². The second-order valence-electron chi connectivity index (χ2n) is 7.33. The molecule has 0 aliphatic carbocycles. The SMILES string of the molecule is O=S(=O)(Cc1ccc(F)c(-c2ccc3c(-c4ncc[nH]4)[nH]nc3c2F)c1F)c1ccccc1. The molecule has 10 heteroatoms. The first-order chi connectivity index (χ1) is 15.9. The van der Waals surface area contributed by atoms with Crippen molar-refractivity contribution in [1.82, 2.24) is 20.2 Å². The second kappa shape index (κ2) is 7.89. The first kappa shape index (κ1) is 21.0. The third-order valence-corrected chi connectivity index (χ3v) is 6.97. The summed E-state index contributed by atoms with van der Waals surface area (Å²) in [6.45, 7) is 0. The van der Waals surface area contributed by atoms with Gasteiger partial charge in [-0.2, -0.15) is 5.10 Å². The van der Waals surface area contributed by atoms with Crippen LogP contribution in [0.3, 0.4) is 0 Å². The van der Waals surface area contributed by atoms with Gasteiger partial charge in [-0.05, 0) is 24.3 Å². The van der Waals surface area contributed by atoms with E-state index in [2.05, 4.69) is 20.2 Å². The van der Waals surface area contributed by atoms with Crippen molar-refractivity contribution in [2.45, 2.75) is 10.6 Å². The average Bonchev–Trinajstić information content (AvgIpc) is 3.48. The number of aromatic amines is 2. The van der Waals surface area contributed by atoms with Crippen LogP contribution in [0.4, 0.5) is 13.2 Å². The molecule has 2 N–H and O–H groups in total. The van der Waals surface area contributed by atoms with E-state index in [0.717, 1.165) is 12.1 Å². The van der Waals surface area contributed by atoms with Gasteiger partial charge in [0.1, 0.15) is 22.8 Å². The summed E-state index contributed by atoms with van der Waals surface area (Å²) in [6, 6.07) is 12.2. The molecule has 0 unspecified atom stereocenters. The van der Waals surface area contributed by atoms with Crippen LogP contribution in [0.15, 0.2) is 71.9 Å². The Bertz CT molecular complexity index is 1580. The summed E-state index contributed by atoms with van der Waals surface area (Å²) < 4.78 is 70.8. The van der Waals surface area contributed by atoms with E-state index in [4.69, 9.17) is 0 Å². The van der Waals surface area contributed by atoms with Gasteiger partial charge in [-0.15, -0.1) is 0 Å². The van der Waals surface area contributed by atoms with E-state index < -0.39 is 38.6 Å². The molecule has 0 amide bonds. The van der Waals surface area contributed by atoms with Crippen LogP contribution in [-0.4, -0.2) is 28.6 Å². The first-order valence-electron chi connectivity index (χ1n) is 9.78. The topological polar surface area (TPSA) is 91.5 Å². The molecular formula is C23H15F3N4O2S. The van der Waals surface area contributed by atoms with Gasteiger partial charge in [-0.1, -0.05) is 30.3 Å². The molecule has 0 radical (unpaired) electrons. The standard InChI is InChI=1S/C23H15F3N4O2S/c24-17-9-6-13(12-33(31,32)14-4-2-1-3-5-14)19(25)18(17)15-7-8-16-21(20(15)26)29-30-22(16)23-27-10-11-28-23/h1-11H,12H2,(H,27,28)(H,29,30). The molecule has 0 spiro atoms. The molecule has 5 rings (SSSR count). The monoisotopic (exact) mass is 468 g/mol. The van der Waals surface area contributed by atoms with Crippen molar-refractivity contribution in [3.05, 3.63) is 90.0 Å². The van der Waals surface area contributed by atoms with E-state index in [9.17, 15) is 12.8 Å². The fraction of sp³-hybridized carbons (Fsp3) is 0.0435. The minimum Gasteiger partial charge on any atom is -0.343 e. The lowest BCUT2D eigenvalue weighted by Gasteiger charge is -2.12. The first-order valence-corrected chi connectivity index (χ1v) is 11.4. The molecule has 0 atom stereocenters. The van der Waals surface area contributed by atoms with Gasteiger partial charge in [-0.25, -0.2) is 26.6 Å². The summed E-state index contributed by atoms with van der Waals surface area (Å²) in [6.07, 6.45) is 3.11. The predicted octanol–water partition coefficient (Wildman–Crippen LogP) is 5.01. The van der Waals surface area contributed by atoms with Gasteiger partial charge in [0.25, 0.3) is 0 Å². The Hall–Kier alpha value is -3.92. The highest BCUT2D eigenvalue weighted by molar-refractivity contribution is 7.90. The number of H-pyrrole nitrogens is 2. The molecule has 0 bridgehead atoms. The number of aromatic nitrogens is 4. The van der Waals surface area contributed by atoms with Gasteiger partial charge in [-0.3, -0.25) is 5.10 Å². The number of hydrogen-bond donors (Lipinski definition) is 2. The molecular weight excluding hydrogens is 453 g/mol. The van der Waals surface area contributed by atoms with Gasteiger partial charge >= 0.3 is 0 Å². The van der Waals surface area contributed by atoms with Crippen LogP contribution in [0.2, 0.25) is 0 Å². The Morgan fingerprint density at radius 3 is 2.42 bits per heavy atom. The number of nitrogens with one attached hydrogen (secondary N) is 2. The predicted molar refractivity (Wildman–Crippen MR) is 116 cm³/mol. The molecule has 0 saturated carbocycles. The van der Waals surface area contributed by atoms with E-state index in [1.54, 1.807) is 24.4 Å². The summed E-state index contributed by atoms with van der Waals surface area (Å²) >= 11 is 0. The van der Waals surface area contributed by atoms with E-state index >= 15 is 8.78 Å². The van der Waals surface area contributed by atoms with Crippen molar-refractivity contribution >= 4 is 20.7 Å². The van der Waals surface area contributed by atoms with Crippen LogP contribution in [0, 0.1) is 17.5 Å². The summed E-state index contributed by atoms with van der Waals surface area (Å²) in [4.78, 5) is 6.97.